The highest BCUT2D eigenvalue weighted by Gasteiger charge is 2.59. The molecule has 2 bridgehead atoms. The van der Waals surface area contributed by atoms with Crippen molar-refractivity contribution in [2.75, 3.05) is 11.1 Å². The van der Waals surface area contributed by atoms with Gasteiger partial charge in [-0.1, -0.05) is 20.8 Å². The fraction of sp³-hybridized carbons (Fsp3) is 0.588. The summed E-state index contributed by atoms with van der Waals surface area (Å²) < 4.78 is 5.85. The number of rotatable bonds is 2. The van der Waals surface area contributed by atoms with E-state index < -0.39 is 0 Å². The van der Waals surface area contributed by atoms with Crippen molar-refractivity contribution in [3.05, 3.63) is 18.2 Å². The minimum atomic E-state index is 0.284. The highest BCUT2D eigenvalue weighted by atomic mass is 16.4. The number of hydrogen-bond donors (Lipinski definition) is 2. The van der Waals surface area contributed by atoms with Crippen molar-refractivity contribution in [2.45, 2.75) is 46.1 Å². The Labute approximate surface area is 125 Å². The Balaban J connectivity index is 1.68. The first-order valence-electron chi connectivity index (χ1n) is 7.81. The van der Waals surface area contributed by atoms with Crippen LogP contribution in [0.4, 0.5) is 11.7 Å². The van der Waals surface area contributed by atoms with E-state index in [4.69, 9.17) is 10.2 Å². The summed E-state index contributed by atoms with van der Waals surface area (Å²) >= 11 is 0. The minimum Gasteiger partial charge on any atom is -0.423 e. The lowest BCUT2D eigenvalue weighted by Crippen LogP contribution is -2.45. The summed E-state index contributed by atoms with van der Waals surface area (Å²) in [4.78, 5) is 4.56. The third-order valence-electron chi connectivity index (χ3n) is 5.95. The summed E-state index contributed by atoms with van der Waals surface area (Å²) in [5, 5.41) is 3.59. The maximum atomic E-state index is 5.85. The third kappa shape index (κ3) is 1.78. The van der Waals surface area contributed by atoms with E-state index in [-0.39, 0.29) is 5.41 Å². The number of oxazole rings is 1. The van der Waals surface area contributed by atoms with Gasteiger partial charge < -0.3 is 15.5 Å². The minimum absolute atomic E-state index is 0.284. The first-order chi connectivity index (χ1) is 9.88. The molecular formula is C17H23N3O. The highest BCUT2D eigenvalue weighted by Crippen LogP contribution is 2.63. The van der Waals surface area contributed by atoms with Crippen LogP contribution in [0.1, 0.15) is 40.0 Å². The van der Waals surface area contributed by atoms with E-state index >= 15 is 0 Å². The molecule has 3 N–H and O–H groups in total. The molecule has 2 saturated carbocycles. The molecule has 1 aromatic heterocycles. The molecule has 2 aliphatic carbocycles. The van der Waals surface area contributed by atoms with E-state index in [2.05, 4.69) is 31.1 Å². The Morgan fingerprint density at radius 1 is 1.33 bits per heavy atom. The van der Waals surface area contributed by atoms with Crippen molar-refractivity contribution < 1.29 is 4.42 Å². The van der Waals surface area contributed by atoms with Gasteiger partial charge in [0.05, 0.1) is 0 Å². The molecule has 21 heavy (non-hydrogen) atoms. The first kappa shape index (κ1) is 13.0. The molecule has 3 unspecified atom stereocenters. The van der Waals surface area contributed by atoms with Crippen LogP contribution in [0, 0.1) is 16.7 Å². The van der Waals surface area contributed by atoms with Crippen LogP contribution in [0.5, 0.6) is 0 Å². The zero-order valence-electron chi connectivity index (χ0n) is 12.9. The Hall–Kier alpha value is -1.71. The predicted octanol–water partition coefficient (Wildman–Crippen LogP) is 4.04. The molecule has 112 valence electrons. The van der Waals surface area contributed by atoms with Crippen molar-refractivity contribution in [1.82, 2.24) is 4.98 Å². The molecule has 3 atom stereocenters. The SMILES string of the molecule is CC12CCC(C1)C(C)(C)C2Nc1nc2ccc(N)cc2o1. The van der Waals surface area contributed by atoms with Crippen LogP contribution in [0.15, 0.2) is 22.6 Å². The molecule has 2 aliphatic rings. The van der Waals surface area contributed by atoms with Crippen LogP contribution in [0.25, 0.3) is 11.1 Å². The monoisotopic (exact) mass is 285 g/mol. The Morgan fingerprint density at radius 3 is 2.86 bits per heavy atom. The van der Waals surface area contributed by atoms with Gasteiger partial charge >= 0.3 is 0 Å². The van der Waals surface area contributed by atoms with Crippen molar-refractivity contribution in [1.29, 1.82) is 0 Å². The van der Waals surface area contributed by atoms with E-state index in [1.54, 1.807) is 0 Å². The number of aromatic nitrogens is 1. The molecule has 0 aliphatic heterocycles. The van der Waals surface area contributed by atoms with Crippen molar-refractivity contribution in [3.8, 4) is 0 Å². The van der Waals surface area contributed by atoms with Gasteiger partial charge in [0.25, 0.3) is 6.01 Å². The number of anilines is 2. The molecule has 1 heterocycles. The molecule has 4 heteroatoms. The van der Waals surface area contributed by atoms with Gasteiger partial charge in [-0.25, -0.2) is 0 Å². The molecule has 0 amide bonds. The number of nitrogen functional groups attached to an aromatic ring is 1. The summed E-state index contributed by atoms with van der Waals surface area (Å²) in [5.74, 6) is 0.806. The molecular weight excluding hydrogens is 262 g/mol. The van der Waals surface area contributed by atoms with Gasteiger partial charge in [-0.15, -0.1) is 0 Å². The average molecular weight is 285 g/mol. The lowest BCUT2D eigenvalue weighted by atomic mass is 9.68. The van der Waals surface area contributed by atoms with Gasteiger partial charge in [0, 0.05) is 17.8 Å². The fourth-order valence-electron chi connectivity index (χ4n) is 4.79. The Morgan fingerprint density at radius 2 is 2.14 bits per heavy atom. The highest BCUT2D eigenvalue weighted by molar-refractivity contribution is 5.78. The maximum absolute atomic E-state index is 5.85. The average Bonchev–Trinajstić information content (AvgIpc) is 3.03. The molecule has 4 nitrogen and oxygen atoms in total. The number of benzene rings is 1. The van der Waals surface area contributed by atoms with Gasteiger partial charge in [-0.2, -0.15) is 4.98 Å². The summed E-state index contributed by atoms with van der Waals surface area (Å²) in [6, 6.07) is 6.64. The second kappa shape index (κ2) is 3.93. The van der Waals surface area contributed by atoms with Crippen LogP contribution in [-0.4, -0.2) is 11.0 Å². The third-order valence-corrected chi connectivity index (χ3v) is 5.95. The maximum Gasteiger partial charge on any atom is 0.295 e. The first-order valence-corrected chi connectivity index (χ1v) is 7.81. The second-order valence-electron chi connectivity index (χ2n) is 7.74. The van der Waals surface area contributed by atoms with E-state index in [0.29, 0.717) is 23.2 Å². The molecule has 4 rings (SSSR count). The molecule has 2 fully saturated rings. The molecule has 0 spiro atoms. The zero-order chi connectivity index (χ0) is 14.8. The summed E-state index contributed by atoms with van der Waals surface area (Å²) in [7, 11) is 0. The standard InChI is InChI=1S/C17H23N3O/c1-16(2)10-6-7-17(3,9-10)14(16)20-15-19-12-5-4-11(18)8-13(12)21-15/h4-5,8,10,14H,6-7,9,18H2,1-3H3,(H,19,20). The zero-order valence-corrected chi connectivity index (χ0v) is 12.9. The van der Waals surface area contributed by atoms with Crippen molar-refractivity contribution >= 4 is 22.8 Å². The summed E-state index contributed by atoms with van der Waals surface area (Å²) in [5.41, 5.74) is 8.76. The Kier molecular flexibility index (Phi) is 2.43. The van der Waals surface area contributed by atoms with Crippen molar-refractivity contribution in [3.63, 3.8) is 0 Å². The summed E-state index contributed by atoms with van der Waals surface area (Å²) in [6.45, 7) is 7.15. The number of nitrogens with two attached hydrogens (primary N) is 1. The van der Waals surface area contributed by atoms with Crippen LogP contribution in [0.3, 0.4) is 0 Å². The molecule has 2 aromatic rings. The van der Waals surface area contributed by atoms with E-state index in [0.717, 1.165) is 17.0 Å². The van der Waals surface area contributed by atoms with Crippen LogP contribution in [-0.2, 0) is 0 Å². The van der Waals surface area contributed by atoms with Crippen LogP contribution in [0.2, 0.25) is 0 Å². The van der Waals surface area contributed by atoms with E-state index in [1.807, 2.05) is 18.2 Å². The van der Waals surface area contributed by atoms with Crippen LogP contribution >= 0.6 is 0 Å². The van der Waals surface area contributed by atoms with Gasteiger partial charge in [0.2, 0.25) is 0 Å². The lowest BCUT2D eigenvalue weighted by Gasteiger charge is -2.42. The van der Waals surface area contributed by atoms with E-state index in [9.17, 15) is 0 Å². The van der Waals surface area contributed by atoms with Gasteiger partial charge in [-0.3, -0.25) is 0 Å². The van der Waals surface area contributed by atoms with Crippen molar-refractivity contribution in [2.24, 2.45) is 16.7 Å². The fourth-order valence-corrected chi connectivity index (χ4v) is 4.79. The number of hydrogen-bond acceptors (Lipinski definition) is 4. The van der Waals surface area contributed by atoms with E-state index in [1.165, 1.54) is 19.3 Å². The molecule has 0 saturated heterocycles. The number of fused-ring (bicyclic) bond motifs is 3. The van der Waals surface area contributed by atoms with Gasteiger partial charge in [0.15, 0.2) is 5.58 Å². The van der Waals surface area contributed by atoms with Gasteiger partial charge in [0.1, 0.15) is 5.52 Å². The number of nitrogens with zero attached hydrogens (tertiary/aromatic N) is 1. The quantitative estimate of drug-likeness (QED) is 0.817. The normalized spacial score (nSPS) is 33.7. The largest absolute Gasteiger partial charge is 0.423 e. The second-order valence-corrected chi connectivity index (χ2v) is 7.74. The van der Waals surface area contributed by atoms with Crippen LogP contribution < -0.4 is 11.1 Å². The topological polar surface area (TPSA) is 64.1 Å². The molecule has 1 aromatic carbocycles. The smallest absolute Gasteiger partial charge is 0.295 e. The Bertz CT molecular complexity index is 700. The molecule has 0 radical (unpaired) electrons. The lowest BCUT2D eigenvalue weighted by molar-refractivity contribution is 0.153. The summed E-state index contributed by atoms with van der Waals surface area (Å²) in [6.07, 6.45) is 3.96. The predicted molar refractivity (Wildman–Crippen MR) is 85.1 cm³/mol. The number of nitrogens with one attached hydrogen (secondary N) is 1. The van der Waals surface area contributed by atoms with Gasteiger partial charge in [-0.05, 0) is 48.1 Å².